The summed E-state index contributed by atoms with van der Waals surface area (Å²) >= 11 is 1.47. The Balaban J connectivity index is 1.52. The lowest BCUT2D eigenvalue weighted by Gasteiger charge is -2.26. The summed E-state index contributed by atoms with van der Waals surface area (Å²) in [5, 5.41) is 7.48. The third-order valence-electron chi connectivity index (χ3n) is 5.00. The van der Waals surface area contributed by atoms with E-state index >= 15 is 0 Å². The summed E-state index contributed by atoms with van der Waals surface area (Å²) in [5.74, 6) is 1.29. The molecule has 1 saturated carbocycles. The second-order valence-electron chi connectivity index (χ2n) is 7.11. The van der Waals surface area contributed by atoms with Crippen LogP contribution in [0.4, 0.5) is 5.82 Å². The molecule has 0 unspecified atom stereocenters. The average Bonchev–Trinajstić information content (AvgIpc) is 3.33. The SMILES string of the molecule is Cc1cc(NC(=O)CSc2ncc(-c3ccccc3)n2C2CCCCC2)no1. The largest absolute Gasteiger partial charge is 0.360 e. The van der Waals surface area contributed by atoms with E-state index in [0.717, 1.165) is 29.3 Å². The van der Waals surface area contributed by atoms with Gasteiger partial charge in [0.1, 0.15) is 5.76 Å². The van der Waals surface area contributed by atoms with Gasteiger partial charge in [0.05, 0.1) is 17.6 Å². The smallest absolute Gasteiger partial charge is 0.236 e. The summed E-state index contributed by atoms with van der Waals surface area (Å²) in [5.41, 5.74) is 2.29. The van der Waals surface area contributed by atoms with Crippen LogP contribution >= 0.6 is 11.8 Å². The molecule has 0 saturated heterocycles. The molecule has 1 fully saturated rings. The molecule has 1 N–H and O–H groups in total. The predicted molar refractivity (Wildman–Crippen MR) is 110 cm³/mol. The summed E-state index contributed by atoms with van der Waals surface area (Å²) in [4.78, 5) is 17.0. The molecule has 0 bridgehead atoms. The molecule has 3 aromatic rings. The number of benzene rings is 1. The Labute approximate surface area is 168 Å². The molecule has 1 amide bonds. The number of amides is 1. The van der Waals surface area contributed by atoms with Crippen LogP contribution in [0.1, 0.15) is 43.9 Å². The van der Waals surface area contributed by atoms with Gasteiger partial charge in [-0.2, -0.15) is 0 Å². The molecule has 28 heavy (non-hydrogen) atoms. The Hall–Kier alpha value is -2.54. The van der Waals surface area contributed by atoms with Crippen molar-refractivity contribution in [1.82, 2.24) is 14.7 Å². The Morgan fingerprint density at radius 2 is 2.04 bits per heavy atom. The molecule has 1 aliphatic rings. The molecular weight excluding hydrogens is 372 g/mol. The van der Waals surface area contributed by atoms with Gasteiger partial charge in [0, 0.05) is 12.1 Å². The van der Waals surface area contributed by atoms with Gasteiger partial charge in [-0.1, -0.05) is 66.5 Å². The third-order valence-corrected chi connectivity index (χ3v) is 5.97. The Bertz CT molecular complexity index is 929. The number of carbonyl (C=O) groups excluding carboxylic acids is 1. The molecule has 1 aliphatic carbocycles. The van der Waals surface area contributed by atoms with Crippen LogP contribution in [0.15, 0.2) is 52.3 Å². The van der Waals surface area contributed by atoms with Crippen LogP contribution in [0.3, 0.4) is 0 Å². The molecule has 0 spiro atoms. The van der Waals surface area contributed by atoms with Gasteiger partial charge in [0.2, 0.25) is 5.91 Å². The zero-order valence-corrected chi connectivity index (χ0v) is 16.7. The highest BCUT2D eigenvalue weighted by Crippen LogP contribution is 2.36. The maximum Gasteiger partial charge on any atom is 0.236 e. The van der Waals surface area contributed by atoms with Gasteiger partial charge < -0.3 is 14.4 Å². The lowest BCUT2D eigenvalue weighted by molar-refractivity contribution is -0.113. The molecule has 2 aromatic heterocycles. The summed E-state index contributed by atoms with van der Waals surface area (Å²) in [6.45, 7) is 1.80. The maximum absolute atomic E-state index is 12.3. The van der Waals surface area contributed by atoms with Crippen LogP contribution in [0, 0.1) is 6.92 Å². The number of hydrogen-bond donors (Lipinski definition) is 1. The number of thioether (sulfide) groups is 1. The van der Waals surface area contributed by atoms with Crippen LogP contribution in [-0.4, -0.2) is 26.4 Å². The highest BCUT2D eigenvalue weighted by atomic mass is 32.2. The number of hydrogen-bond acceptors (Lipinski definition) is 5. The monoisotopic (exact) mass is 396 g/mol. The minimum atomic E-state index is -0.113. The van der Waals surface area contributed by atoms with Crippen molar-refractivity contribution in [1.29, 1.82) is 0 Å². The van der Waals surface area contributed by atoms with Crippen molar-refractivity contribution < 1.29 is 9.32 Å². The van der Waals surface area contributed by atoms with Gasteiger partial charge in [-0.05, 0) is 25.3 Å². The van der Waals surface area contributed by atoms with Crippen molar-refractivity contribution in [2.75, 3.05) is 11.1 Å². The van der Waals surface area contributed by atoms with Gasteiger partial charge in [-0.25, -0.2) is 4.98 Å². The molecular formula is C21H24N4O2S. The normalized spacial score (nSPS) is 14.9. The molecule has 1 aromatic carbocycles. The number of aromatic nitrogens is 3. The zero-order chi connectivity index (χ0) is 19.3. The topological polar surface area (TPSA) is 73.0 Å². The van der Waals surface area contributed by atoms with E-state index in [1.54, 1.807) is 13.0 Å². The average molecular weight is 397 g/mol. The zero-order valence-electron chi connectivity index (χ0n) is 15.9. The minimum absolute atomic E-state index is 0.113. The molecule has 146 valence electrons. The van der Waals surface area contributed by atoms with E-state index in [2.05, 4.69) is 32.2 Å². The number of nitrogens with zero attached hydrogens (tertiary/aromatic N) is 3. The summed E-state index contributed by atoms with van der Waals surface area (Å²) in [6, 6.07) is 12.5. The van der Waals surface area contributed by atoms with Gasteiger partial charge in [-0.15, -0.1) is 0 Å². The van der Waals surface area contributed by atoms with Crippen LogP contribution in [0.2, 0.25) is 0 Å². The van der Waals surface area contributed by atoms with Gasteiger partial charge in [0.15, 0.2) is 11.0 Å². The van der Waals surface area contributed by atoms with Crippen molar-refractivity contribution in [2.24, 2.45) is 0 Å². The first-order valence-corrected chi connectivity index (χ1v) is 10.7. The van der Waals surface area contributed by atoms with E-state index in [-0.39, 0.29) is 11.7 Å². The first kappa shape index (κ1) is 18.8. The fourth-order valence-electron chi connectivity index (χ4n) is 3.70. The van der Waals surface area contributed by atoms with Gasteiger partial charge in [0.25, 0.3) is 0 Å². The predicted octanol–water partition coefficient (Wildman–Crippen LogP) is 5.08. The van der Waals surface area contributed by atoms with Crippen LogP contribution in [0.5, 0.6) is 0 Å². The number of anilines is 1. The van der Waals surface area contributed by atoms with E-state index in [1.807, 2.05) is 24.4 Å². The minimum Gasteiger partial charge on any atom is -0.360 e. The fourth-order valence-corrected chi connectivity index (χ4v) is 4.55. The number of rotatable bonds is 6. The number of aryl methyl sites for hydroxylation is 1. The van der Waals surface area contributed by atoms with Crippen molar-refractivity contribution in [2.45, 2.75) is 50.2 Å². The van der Waals surface area contributed by atoms with Gasteiger partial charge >= 0.3 is 0 Å². The van der Waals surface area contributed by atoms with E-state index in [4.69, 9.17) is 4.52 Å². The molecule has 0 atom stereocenters. The molecule has 4 rings (SSSR count). The van der Waals surface area contributed by atoms with Crippen LogP contribution in [0.25, 0.3) is 11.3 Å². The Morgan fingerprint density at radius 1 is 1.25 bits per heavy atom. The summed E-state index contributed by atoms with van der Waals surface area (Å²) < 4.78 is 7.33. The molecule has 7 heteroatoms. The highest BCUT2D eigenvalue weighted by Gasteiger charge is 2.23. The quantitative estimate of drug-likeness (QED) is 0.588. The highest BCUT2D eigenvalue weighted by molar-refractivity contribution is 7.99. The standard InChI is InChI=1S/C21H24N4O2S/c1-15-12-19(24-27-15)23-20(26)14-28-21-22-13-18(16-8-4-2-5-9-16)25(21)17-10-6-3-7-11-17/h2,4-5,8-9,12-13,17H,3,6-7,10-11,14H2,1H3,(H,23,24,26). The second kappa shape index (κ2) is 8.65. The van der Waals surface area contributed by atoms with E-state index in [1.165, 1.54) is 31.0 Å². The fraction of sp³-hybridized carbons (Fsp3) is 0.381. The first-order valence-electron chi connectivity index (χ1n) is 9.69. The molecule has 0 radical (unpaired) electrons. The second-order valence-corrected chi connectivity index (χ2v) is 8.06. The first-order chi connectivity index (χ1) is 13.7. The number of nitrogens with one attached hydrogen (secondary N) is 1. The van der Waals surface area contributed by atoms with Crippen molar-refractivity contribution in [3.63, 3.8) is 0 Å². The molecule has 0 aliphatic heterocycles. The molecule has 2 heterocycles. The third kappa shape index (κ3) is 4.30. The van der Waals surface area contributed by atoms with Gasteiger partial charge in [-0.3, -0.25) is 4.79 Å². The van der Waals surface area contributed by atoms with E-state index in [9.17, 15) is 4.79 Å². The Morgan fingerprint density at radius 3 is 2.75 bits per heavy atom. The van der Waals surface area contributed by atoms with Crippen LogP contribution in [-0.2, 0) is 4.79 Å². The lowest BCUT2D eigenvalue weighted by Crippen LogP contribution is -2.17. The van der Waals surface area contributed by atoms with Crippen molar-refractivity contribution in [3.8, 4) is 11.3 Å². The summed E-state index contributed by atoms with van der Waals surface area (Å²) in [6.07, 6.45) is 8.04. The van der Waals surface area contributed by atoms with Crippen molar-refractivity contribution in [3.05, 3.63) is 48.4 Å². The Kier molecular flexibility index (Phi) is 5.81. The number of carbonyl (C=O) groups is 1. The summed E-state index contributed by atoms with van der Waals surface area (Å²) in [7, 11) is 0. The lowest BCUT2D eigenvalue weighted by atomic mass is 9.95. The van der Waals surface area contributed by atoms with E-state index in [0.29, 0.717) is 17.6 Å². The molecule has 6 nitrogen and oxygen atoms in total. The van der Waals surface area contributed by atoms with Crippen molar-refractivity contribution >= 4 is 23.5 Å². The van der Waals surface area contributed by atoms with Crippen LogP contribution < -0.4 is 5.32 Å². The maximum atomic E-state index is 12.3. The number of imidazole rings is 1. The van der Waals surface area contributed by atoms with E-state index < -0.39 is 0 Å².